The Morgan fingerprint density at radius 2 is 2.10 bits per heavy atom. The molecule has 0 bridgehead atoms. The molecule has 1 aliphatic heterocycles. The van der Waals surface area contributed by atoms with Crippen molar-refractivity contribution >= 4 is 22.0 Å². The van der Waals surface area contributed by atoms with Gasteiger partial charge in [-0.05, 0) is 36.6 Å². The van der Waals surface area contributed by atoms with Crippen LogP contribution in [0.2, 0.25) is 0 Å². The van der Waals surface area contributed by atoms with Crippen LogP contribution in [0, 0.1) is 5.92 Å². The lowest BCUT2D eigenvalue weighted by Crippen LogP contribution is -2.21. The highest BCUT2D eigenvalue weighted by Gasteiger charge is 2.29. The number of amides is 1. The molecule has 1 atom stereocenters. The van der Waals surface area contributed by atoms with Crippen LogP contribution in [-0.4, -0.2) is 41.8 Å². The van der Waals surface area contributed by atoms with E-state index in [-0.39, 0.29) is 29.8 Å². The number of para-hydroxylation sites is 1. The van der Waals surface area contributed by atoms with Crippen molar-refractivity contribution < 1.29 is 17.6 Å². The maximum Gasteiger partial charge on any atom is 0.240 e. The molecule has 0 saturated carbocycles. The highest BCUT2D eigenvalue weighted by Crippen LogP contribution is 2.23. The first kappa shape index (κ1) is 19.1. The molecule has 1 amide bonds. The number of furan rings is 1. The number of benzene rings is 1. The zero-order chi connectivity index (χ0) is 20.3. The molecular weight excluding hydrogens is 392 g/mol. The predicted molar refractivity (Wildman–Crippen MR) is 108 cm³/mol. The van der Waals surface area contributed by atoms with Crippen LogP contribution in [0.25, 0.3) is 17.1 Å². The first-order valence-electron chi connectivity index (χ1n) is 9.21. The second-order valence-electron chi connectivity index (χ2n) is 6.96. The molecule has 3 heterocycles. The summed E-state index contributed by atoms with van der Waals surface area (Å²) in [7, 11) is -3.00. The van der Waals surface area contributed by atoms with Gasteiger partial charge in [0.2, 0.25) is 5.91 Å². The van der Waals surface area contributed by atoms with E-state index in [0.717, 1.165) is 5.69 Å². The van der Waals surface area contributed by atoms with Crippen molar-refractivity contribution in [2.75, 3.05) is 11.5 Å². The van der Waals surface area contributed by atoms with Crippen molar-refractivity contribution in [2.24, 2.45) is 11.0 Å². The largest absolute Gasteiger partial charge is 0.463 e. The molecule has 0 aliphatic carbocycles. The van der Waals surface area contributed by atoms with E-state index in [1.165, 1.54) is 6.21 Å². The van der Waals surface area contributed by atoms with E-state index in [9.17, 15) is 13.2 Å². The van der Waals surface area contributed by atoms with Crippen molar-refractivity contribution in [3.05, 3.63) is 60.5 Å². The number of hydrogen-bond donors (Lipinski definition) is 1. The normalized spacial score (nSPS) is 18.3. The van der Waals surface area contributed by atoms with Gasteiger partial charge in [-0.15, -0.1) is 0 Å². The summed E-state index contributed by atoms with van der Waals surface area (Å²) in [6.07, 6.45) is 5.53. The SMILES string of the molecule is O=C(C[C@@H]1CCS(=O)(=O)C1)N/N=C\c1cn(-c2ccccc2)nc1-c1ccco1. The third-order valence-corrected chi connectivity index (χ3v) is 6.55. The smallest absolute Gasteiger partial charge is 0.240 e. The van der Waals surface area contributed by atoms with Crippen molar-refractivity contribution in [3.63, 3.8) is 0 Å². The molecule has 1 aliphatic rings. The fourth-order valence-corrected chi connectivity index (χ4v) is 5.18. The first-order valence-corrected chi connectivity index (χ1v) is 11.0. The number of carbonyl (C=O) groups is 1. The Kier molecular flexibility index (Phi) is 5.30. The van der Waals surface area contributed by atoms with Gasteiger partial charge in [-0.25, -0.2) is 18.5 Å². The molecule has 1 fully saturated rings. The molecular formula is C20H20N4O4S. The Bertz CT molecular complexity index is 1120. The fraction of sp³-hybridized carbons (Fsp3) is 0.250. The van der Waals surface area contributed by atoms with Crippen molar-refractivity contribution in [1.29, 1.82) is 0 Å². The summed E-state index contributed by atoms with van der Waals surface area (Å²) in [6, 6.07) is 13.2. The average Bonchev–Trinajstić information content (AvgIpc) is 3.42. The summed E-state index contributed by atoms with van der Waals surface area (Å²) in [5, 5.41) is 8.60. The van der Waals surface area contributed by atoms with Crippen LogP contribution in [-0.2, 0) is 14.6 Å². The predicted octanol–water partition coefficient (Wildman–Crippen LogP) is 2.41. The highest BCUT2D eigenvalue weighted by atomic mass is 32.2. The van der Waals surface area contributed by atoms with Crippen molar-refractivity contribution in [1.82, 2.24) is 15.2 Å². The molecule has 1 aromatic carbocycles. The summed E-state index contributed by atoms with van der Waals surface area (Å²) in [5.74, 6) is 0.354. The molecule has 2 aromatic heterocycles. The molecule has 0 spiro atoms. The van der Waals surface area contributed by atoms with Gasteiger partial charge in [-0.3, -0.25) is 4.79 Å². The number of nitrogens with one attached hydrogen (secondary N) is 1. The Hall–Kier alpha value is -3.20. The fourth-order valence-electron chi connectivity index (χ4n) is 3.31. The summed E-state index contributed by atoms with van der Waals surface area (Å²) >= 11 is 0. The Morgan fingerprint density at radius 1 is 1.28 bits per heavy atom. The monoisotopic (exact) mass is 412 g/mol. The third kappa shape index (κ3) is 4.62. The van der Waals surface area contributed by atoms with Crippen LogP contribution in [0.3, 0.4) is 0 Å². The standard InChI is InChI=1S/C20H20N4O4S/c25-19(11-15-8-10-29(26,27)14-15)22-21-12-16-13-24(17-5-2-1-3-6-17)23-20(16)18-7-4-9-28-18/h1-7,9,12-13,15H,8,10-11,14H2,(H,22,25)/b21-12-/t15-/m0/s1. The van der Waals surface area contributed by atoms with Crippen LogP contribution in [0.1, 0.15) is 18.4 Å². The van der Waals surface area contributed by atoms with Crippen LogP contribution in [0.4, 0.5) is 0 Å². The van der Waals surface area contributed by atoms with E-state index >= 15 is 0 Å². The van der Waals surface area contributed by atoms with Gasteiger partial charge in [-0.2, -0.15) is 10.2 Å². The van der Waals surface area contributed by atoms with E-state index in [0.29, 0.717) is 23.4 Å². The molecule has 0 unspecified atom stereocenters. The number of sulfone groups is 1. The highest BCUT2D eigenvalue weighted by molar-refractivity contribution is 7.91. The van der Waals surface area contributed by atoms with Gasteiger partial charge in [0, 0.05) is 18.2 Å². The minimum Gasteiger partial charge on any atom is -0.463 e. The van der Waals surface area contributed by atoms with E-state index in [1.807, 2.05) is 30.3 Å². The summed E-state index contributed by atoms with van der Waals surface area (Å²) in [6.45, 7) is 0. The van der Waals surface area contributed by atoms with E-state index < -0.39 is 9.84 Å². The van der Waals surface area contributed by atoms with E-state index in [2.05, 4.69) is 15.6 Å². The molecule has 1 N–H and O–H groups in total. The van der Waals surface area contributed by atoms with Gasteiger partial charge in [0.1, 0.15) is 5.69 Å². The first-order chi connectivity index (χ1) is 14.0. The van der Waals surface area contributed by atoms with Gasteiger partial charge in [-0.1, -0.05) is 18.2 Å². The zero-order valence-corrected chi connectivity index (χ0v) is 16.4. The minimum atomic E-state index is -3.00. The maximum absolute atomic E-state index is 12.1. The Labute approximate surface area is 168 Å². The van der Waals surface area contributed by atoms with Crippen LogP contribution >= 0.6 is 0 Å². The molecule has 0 radical (unpaired) electrons. The van der Waals surface area contributed by atoms with E-state index in [1.54, 1.807) is 29.3 Å². The summed E-state index contributed by atoms with van der Waals surface area (Å²) in [4.78, 5) is 12.1. The molecule has 4 rings (SSSR count). The lowest BCUT2D eigenvalue weighted by Gasteiger charge is -2.05. The quantitative estimate of drug-likeness (QED) is 0.494. The van der Waals surface area contributed by atoms with Crippen LogP contribution < -0.4 is 5.43 Å². The van der Waals surface area contributed by atoms with Crippen LogP contribution in [0.5, 0.6) is 0 Å². The number of hydrazone groups is 1. The van der Waals surface area contributed by atoms with Crippen LogP contribution in [0.15, 0.2) is 64.4 Å². The lowest BCUT2D eigenvalue weighted by atomic mass is 10.1. The topological polar surface area (TPSA) is 107 Å². The summed E-state index contributed by atoms with van der Waals surface area (Å²) in [5.41, 5.74) is 4.63. The lowest BCUT2D eigenvalue weighted by molar-refractivity contribution is -0.121. The zero-order valence-electron chi connectivity index (χ0n) is 15.6. The summed E-state index contributed by atoms with van der Waals surface area (Å²) < 4.78 is 30.2. The molecule has 1 saturated heterocycles. The maximum atomic E-state index is 12.1. The minimum absolute atomic E-state index is 0.0661. The second-order valence-corrected chi connectivity index (χ2v) is 9.19. The Balaban J connectivity index is 1.48. The number of rotatable bonds is 6. The molecule has 8 nitrogen and oxygen atoms in total. The number of hydrogen-bond acceptors (Lipinski definition) is 6. The van der Waals surface area contributed by atoms with Gasteiger partial charge in [0.15, 0.2) is 15.6 Å². The second kappa shape index (κ2) is 8.04. The number of aromatic nitrogens is 2. The number of carbonyl (C=O) groups excluding carboxylic acids is 1. The Morgan fingerprint density at radius 3 is 2.79 bits per heavy atom. The molecule has 9 heteroatoms. The molecule has 29 heavy (non-hydrogen) atoms. The van der Waals surface area contributed by atoms with Gasteiger partial charge >= 0.3 is 0 Å². The van der Waals surface area contributed by atoms with Gasteiger partial charge < -0.3 is 4.42 Å². The third-order valence-electron chi connectivity index (χ3n) is 4.71. The average molecular weight is 412 g/mol. The molecule has 3 aromatic rings. The van der Waals surface area contributed by atoms with Crippen molar-refractivity contribution in [2.45, 2.75) is 12.8 Å². The molecule has 150 valence electrons. The van der Waals surface area contributed by atoms with Gasteiger partial charge in [0.05, 0.1) is 29.7 Å². The van der Waals surface area contributed by atoms with Crippen molar-refractivity contribution in [3.8, 4) is 17.1 Å². The van der Waals surface area contributed by atoms with E-state index in [4.69, 9.17) is 4.42 Å². The number of nitrogens with zero attached hydrogens (tertiary/aromatic N) is 3. The van der Waals surface area contributed by atoms with Gasteiger partial charge in [0.25, 0.3) is 0 Å².